The van der Waals surface area contributed by atoms with Crippen LogP contribution in [-0.4, -0.2) is 32.2 Å². The first-order chi connectivity index (χ1) is 10.1. The monoisotopic (exact) mass is 315 g/mol. The molecular weight excluding hydrogens is 290 g/mol. The molecule has 0 radical (unpaired) electrons. The van der Waals surface area contributed by atoms with Gasteiger partial charge in [0, 0.05) is 38.1 Å². The third-order valence-electron chi connectivity index (χ3n) is 3.73. The van der Waals surface area contributed by atoms with E-state index >= 15 is 0 Å². The molecular formula is C14H25N3O3S. The van der Waals surface area contributed by atoms with Crippen molar-refractivity contribution in [3.63, 3.8) is 0 Å². The molecule has 0 bridgehead atoms. The zero-order valence-electron chi connectivity index (χ0n) is 12.5. The van der Waals surface area contributed by atoms with Crippen molar-refractivity contribution >= 4 is 10.0 Å². The fourth-order valence-corrected chi connectivity index (χ4v) is 3.71. The summed E-state index contributed by atoms with van der Waals surface area (Å²) in [5, 5.41) is 0. The topological polar surface area (TPSA) is 86.3 Å². The molecule has 0 aromatic carbocycles. The second-order valence-corrected chi connectivity index (χ2v) is 7.15. The molecule has 0 spiro atoms. The van der Waals surface area contributed by atoms with Crippen molar-refractivity contribution in [2.24, 2.45) is 5.73 Å². The summed E-state index contributed by atoms with van der Waals surface area (Å²) in [5.74, 6) is 0. The first-order valence-corrected chi connectivity index (χ1v) is 9.05. The van der Waals surface area contributed by atoms with Crippen molar-refractivity contribution in [3.8, 4) is 0 Å². The van der Waals surface area contributed by atoms with Gasteiger partial charge in [0.1, 0.15) is 0 Å². The molecule has 1 aromatic heterocycles. The average molecular weight is 315 g/mol. The maximum atomic E-state index is 12.3. The number of aryl methyl sites for hydroxylation is 1. The predicted octanol–water partition coefficient (Wildman–Crippen LogP) is 1.20. The van der Waals surface area contributed by atoms with Gasteiger partial charge >= 0.3 is 0 Å². The lowest BCUT2D eigenvalue weighted by Crippen LogP contribution is -2.27. The van der Waals surface area contributed by atoms with E-state index in [9.17, 15) is 8.42 Å². The van der Waals surface area contributed by atoms with Gasteiger partial charge in [0.25, 0.3) is 0 Å². The second kappa shape index (κ2) is 7.40. The number of nitrogens with zero attached hydrogens (tertiary/aromatic N) is 1. The van der Waals surface area contributed by atoms with Gasteiger partial charge in [0.05, 0.1) is 11.0 Å². The number of hydrogen-bond acceptors (Lipinski definition) is 4. The molecule has 120 valence electrons. The van der Waals surface area contributed by atoms with Gasteiger partial charge in [0.2, 0.25) is 10.0 Å². The molecule has 0 amide bonds. The van der Waals surface area contributed by atoms with Gasteiger partial charge in [-0.2, -0.15) is 0 Å². The number of sulfonamides is 1. The van der Waals surface area contributed by atoms with Gasteiger partial charge in [-0.15, -0.1) is 0 Å². The molecule has 6 nitrogen and oxygen atoms in total. The summed E-state index contributed by atoms with van der Waals surface area (Å²) in [6.07, 6.45) is 5.60. The minimum atomic E-state index is -3.46. The Kier molecular flexibility index (Phi) is 5.80. The molecule has 7 heteroatoms. The van der Waals surface area contributed by atoms with Crippen LogP contribution in [0.2, 0.25) is 0 Å². The van der Waals surface area contributed by atoms with Crippen LogP contribution in [0.25, 0.3) is 0 Å². The van der Waals surface area contributed by atoms with Crippen molar-refractivity contribution in [3.05, 3.63) is 18.0 Å². The molecule has 1 aliphatic rings. The Morgan fingerprint density at radius 3 is 2.95 bits per heavy atom. The van der Waals surface area contributed by atoms with Crippen molar-refractivity contribution in [2.45, 2.75) is 56.7 Å². The van der Waals surface area contributed by atoms with Crippen LogP contribution >= 0.6 is 0 Å². The third-order valence-corrected chi connectivity index (χ3v) is 5.16. The van der Waals surface area contributed by atoms with Crippen molar-refractivity contribution in [1.29, 1.82) is 0 Å². The molecule has 1 unspecified atom stereocenters. The Morgan fingerprint density at radius 2 is 2.33 bits per heavy atom. The highest BCUT2D eigenvalue weighted by Gasteiger charge is 2.20. The van der Waals surface area contributed by atoms with E-state index in [2.05, 4.69) is 4.72 Å². The number of hydrogen-bond donors (Lipinski definition) is 2. The quantitative estimate of drug-likeness (QED) is 0.755. The number of rotatable bonds is 8. The third kappa shape index (κ3) is 4.29. The highest BCUT2D eigenvalue weighted by molar-refractivity contribution is 7.89. The number of nitrogens with one attached hydrogen (secondary N) is 1. The number of ether oxygens (including phenoxy) is 1. The summed E-state index contributed by atoms with van der Waals surface area (Å²) in [6, 6.07) is 1.66. The Bertz CT molecular complexity index is 548. The van der Waals surface area contributed by atoms with E-state index in [1.807, 2.05) is 11.5 Å². The normalized spacial score (nSPS) is 19.2. The van der Waals surface area contributed by atoms with Crippen LogP contribution in [0.5, 0.6) is 0 Å². The number of aromatic nitrogens is 1. The Morgan fingerprint density at radius 1 is 1.52 bits per heavy atom. The van der Waals surface area contributed by atoms with Gasteiger partial charge in [-0.25, -0.2) is 13.1 Å². The molecule has 1 saturated heterocycles. The van der Waals surface area contributed by atoms with E-state index < -0.39 is 10.0 Å². The molecule has 1 aromatic rings. The fraction of sp³-hybridized carbons (Fsp3) is 0.714. The van der Waals surface area contributed by atoms with Crippen LogP contribution in [0.15, 0.2) is 17.2 Å². The maximum absolute atomic E-state index is 12.3. The zero-order chi connectivity index (χ0) is 15.3. The van der Waals surface area contributed by atoms with E-state index in [4.69, 9.17) is 10.5 Å². The predicted molar refractivity (Wildman–Crippen MR) is 81.4 cm³/mol. The first kappa shape index (κ1) is 16.5. The SMILES string of the molecule is CCCn1cc(S(=O)(=O)NCCC2CCCO2)cc1CN. The van der Waals surface area contributed by atoms with Gasteiger partial charge in [-0.3, -0.25) is 0 Å². The molecule has 2 rings (SSSR count). The smallest absolute Gasteiger partial charge is 0.242 e. The fourth-order valence-electron chi connectivity index (χ4n) is 2.60. The zero-order valence-corrected chi connectivity index (χ0v) is 13.4. The summed E-state index contributed by atoms with van der Waals surface area (Å²) >= 11 is 0. The van der Waals surface area contributed by atoms with E-state index in [0.717, 1.165) is 44.5 Å². The lowest BCUT2D eigenvalue weighted by atomic mass is 10.2. The van der Waals surface area contributed by atoms with Crippen LogP contribution in [0, 0.1) is 0 Å². The summed E-state index contributed by atoms with van der Waals surface area (Å²) in [7, 11) is -3.46. The molecule has 21 heavy (non-hydrogen) atoms. The Labute approximate surface area is 126 Å². The Hall–Kier alpha value is -0.890. The Balaban J connectivity index is 1.97. The van der Waals surface area contributed by atoms with Gasteiger partial charge in [-0.05, 0) is 31.7 Å². The van der Waals surface area contributed by atoms with E-state index in [0.29, 0.717) is 18.0 Å². The van der Waals surface area contributed by atoms with Crippen molar-refractivity contribution in [2.75, 3.05) is 13.2 Å². The molecule has 1 fully saturated rings. The lowest BCUT2D eigenvalue weighted by Gasteiger charge is -2.09. The largest absolute Gasteiger partial charge is 0.378 e. The maximum Gasteiger partial charge on any atom is 0.242 e. The molecule has 3 N–H and O–H groups in total. The van der Waals surface area contributed by atoms with Crippen LogP contribution in [0.4, 0.5) is 0 Å². The van der Waals surface area contributed by atoms with E-state index in [1.54, 1.807) is 12.3 Å². The molecule has 1 atom stereocenters. The second-order valence-electron chi connectivity index (χ2n) is 5.39. The summed E-state index contributed by atoms with van der Waals surface area (Å²) in [6.45, 7) is 4.36. The van der Waals surface area contributed by atoms with E-state index in [1.165, 1.54) is 0 Å². The van der Waals surface area contributed by atoms with Gasteiger partial charge < -0.3 is 15.0 Å². The standard InChI is InChI=1S/C14H25N3O3S/c1-2-7-17-11-14(9-12(17)10-15)21(18,19)16-6-5-13-4-3-8-20-13/h9,11,13,16H,2-8,10,15H2,1H3. The van der Waals surface area contributed by atoms with Gasteiger partial charge in [-0.1, -0.05) is 6.92 Å². The average Bonchev–Trinajstić information content (AvgIpc) is 3.08. The van der Waals surface area contributed by atoms with Crippen LogP contribution in [0.1, 0.15) is 38.3 Å². The van der Waals surface area contributed by atoms with Crippen LogP contribution < -0.4 is 10.5 Å². The molecule has 2 heterocycles. The van der Waals surface area contributed by atoms with Gasteiger partial charge in [0.15, 0.2) is 0 Å². The number of nitrogens with two attached hydrogens (primary N) is 1. The molecule has 1 aliphatic heterocycles. The highest BCUT2D eigenvalue weighted by atomic mass is 32.2. The first-order valence-electron chi connectivity index (χ1n) is 7.57. The summed E-state index contributed by atoms with van der Waals surface area (Å²) < 4.78 is 34.6. The summed E-state index contributed by atoms with van der Waals surface area (Å²) in [5.41, 5.74) is 6.51. The summed E-state index contributed by atoms with van der Waals surface area (Å²) in [4.78, 5) is 0.295. The van der Waals surface area contributed by atoms with Crippen LogP contribution in [0.3, 0.4) is 0 Å². The minimum absolute atomic E-state index is 0.192. The molecule has 0 aliphatic carbocycles. The van der Waals surface area contributed by atoms with Crippen LogP contribution in [-0.2, 0) is 27.8 Å². The minimum Gasteiger partial charge on any atom is -0.378 e. The van der Waals surface area contributed by atoms with Crippen molar-refractivity contribution < 1.29 is 13.2 Å². The highest BCUT2D eigenvalue weighted by Crippen LogP contribution is 2.17. The van der Waals surface area contributed by atoms with Crippen molar-refractivity contribution in [1.82, 2.24) is 9.29 Å². The van der Waals surface area contributed by atoms with E-state index in [-0.39, 0.29) is 6.10 Å². The lowest BCUT2D eigenvalue weighted by molar-refractivity contribution is 0.105. The molecule has 0 saturated carbocycles.